The maximum atomic E-state index is 6.07. The number of aromatic nitrogens is 3. The van der Waals surface area contributed by atoms with Crippen LogP contribution in [0.4, 0.5) is 5.82 Å². The molecule has 1 aromatic carbocycles. The number of ether oxygens (including phenoxy) is 1. The fourth-order valence-electron chi connectivity index (χ4n) is 4.38. The largest absolute Gasteiger partial charge is 0.472 e. The van der Waals surface area contributed by atoms with Gasteiger partial charge in [0.1, 0.15) is 12.4 Å². The first-order valence-electron chi connectivity index (χ1n) is 10.5. The third-order valence-electron chi connectivity index (χ3n) is 5.67. The standard InChI is InChI=1S/C24H27N5O/c1-24(2,3)28-19-9-11-29(14-19)22-7-6-21-20-5-4-16(17-8-10-25-26-13-17)12-18(20)15-30-23(21)27-22/h4-8,10,12-13,19,28H,9,11,14-15H2,1-3H3. The summed E-state index contributed by atoms with van der Waals surface area (Å²) in [7, 11) is 0. The van der Waals surface area contributed by atoms with Crippen LogP contribution < -0.4 is 15.0 Å². The second-order valence-corrected chi connectivity index (χ2v) is 9.14. The van der Waals surface area contributed by atoms with Crippen LogP contribution >= 0.6 is 0 Å². The third-order valence-corrected chi connectivity index (χ3v) is 5.67. The summed E-state index contributed by atoms with van der Waals surface area (Å²) in [5, 5.41) is 11.5. The molecule has 6 nitrogen and oxygen atoms in total. The molecular formula is C24H27N5O. The number of anilines is 1. The average molecular weight is 402 g/mol. The molecule has 2 aliphatic heterocycles. The van der Waals surface area contributed by atoms with Crippen molar-refractivity contribution in [2.75, 3.05) is 18.0 Å². The number of hydrogen-bond donors (Lipinski definition) is 1. The van der Waals surface area contributed by atoms with E-state index < -0.39 is 0 Å². The maximum absolute atomic E-state index is 6.07. The van der Waals surface area contributed by atoms with E-state index in [1.165, 1.54) is 11.1 Å². The van der Waals surface area contributed by atoms with Crippen LogP contribution in [0, 0.1) is 0 Å². The van der Waals surface area contributed by atoms with Gasteiger partial charge in [-0.25, -0.2) is 0 Å². The SMILES string of the molecule is CC(C)(C)NC1CCN(c2ccc3c(n2)OCc2cc(-c4ccnnc4)ccc2-3)C1. The molecule has 0 radical (unpaired) electrons. The van der Waals surface area contributed by atoms with Crippen LogP contribution in [-0.2, 0) is 6.61 Å². The van der Waals surface area contributed by atoms with E-state index in [0.29, 0.717) is 12.6 Å². The predicted molar refractivity (Wildman–Crippen MR) is 119 cm³/mol. The van der Waals surface area contributed by atoms with Crippen molar-refractivity contribution in [1.82, 2.24) is 20.5 Å². The molecule has 5 rings (SSSR count). The van der Waals surface area contributed by atoms with Gasteiger partial charge in [0.25, 0.3) is 0 Å². The molecule has 0 aliphatic carbocycles. The van der Waals surface area contributed by atoms with E-state index in [4.69, 9.17) is 9.72 Å². The summed E-state index contributed by atoms with van der Waals surface area (Å²) in [5.41, 5.74) is 5.72. The Morgan fingerprint density at radius 3 is 2.70 bits per heavy atom. The van der Waals surface area contributed by atoms with Crippen molar-refractivity contribution in [3.05, 3.63) is 54.4 Å². The van der Waals surface area contributed by atoms with E-state index in [1.807, 2.05) is 6.07 Å². The van der Waals surface area contributed by atoms with Crippen molar-refractivity contribution in [2.24, 2.45) is 0 Å². The smallest absolute Gasteiger partial charge is 0.223 e. The number of rotatable bonds is 3. The van der Waals surface area contributed by atoms with E-state index in [2.05, 4.69) is 71.5 Å². The van der Waals surface area contributed by atoms with Crippen molar-refractivity contribution in [2.45, 2.75) is 45.4 Å². The topological polar surface area (TPSA) is 63.2 Å². The van der Waals surface area contributed by atoms with Crippen LogP contribution in [-0.4, -0.2) is 39.9 Å². The Morgan fingerprint density at radius 1 is 1.03 bits per heavy atom. The van der Waals surface area contributed by atoms with Crippen LogP contribution in [0.25, 0.3) is 22.3 Å². The van der Waals surface area contributed by atoms with Gasteiger partial charge in [0, 0.05) is 35.8 Å². The van der Waals surface area contributed by atoms with E-state index in [9.17, 15) is 0 Å². The van der Waals surface area contributed by atoms with Crippen LogP contribution in [0.2, 0.25) is 0 Å². The number of nitrogens with one attached hydrogen (secondary N) is 1. The molecule has 1 atom stereocenters. The molecule has 6 heteroatoms. The Kier molecular flexibility index (Phi) is 4.66. The van der Waals surface area contributed by atoms with Crippen molar-refractivity contribution in [1.29, 1.82) is 0 Å². The second-order valence-electron chi connectivity index (χ2n) is 9.14. The summed E-state index contributed by atoms with van der Waals surface area (Å²) in [6.45, 7) is 9.17. The zero-order valence-corrected chi connectivity index (χ0v) is 17.7. The van der Waals surface area contributed by atoms with E-state index >= 15 is 0 Å². The first-order valence-corrected chi connectivity index (χ1v) is 10.5. The quantitative estimate of drug-likeness (QED) is 0.714. The number of hydrogen-bond acceptors (Lipinski definition) is 6. The minimum absolute atomic E-state index is 0.127. The Morgan fingerprint density at radius 2 is 1.90 bits per heavy atom. The highest BCUT2D eigenvalue weighted by molar-refractivity contribution is 5.78. The molecule has 0 saturated carbocycles. The lowest BCUT2D eigenvalue weighted by Crippen LogP contribution is -2.44. The minimum atomic E-state index is 0.127. The van der Waals surface area contributed by atoms with Crippen LogP contribution in [0.1, 0.15) is 32.8 Å². The van der Waals surface area contributed by atoms with Crippen molar-refractivity contribution in [3.8, 4) is 28.1 Å². The summed E-state index contributed by atoms with van der Waals surface area (Å²) >= 11 is 0. The summed E-state index contributed by atoms with van der Waals surface area (Å²) < 4.78 is 6.07. The second kappa shape index (κ2) is 7.36. The van der Waals surface area contributed by atoms with Crippen LogP contribution in [0.3, 0.4) is 0 Å². The zero-order valence-electron chi connectivity index (χ0n) is 17.7. The fraction of sp³-hybridized carbons (Fsp3) is 0.375. The predicted octanol–water partition coefficient (Wildman–Crippen LogP) is 4.06. The lowest BCUT2D eigenvalue weighted by Gasteiger charge is -2.26. The van der Waals surface area contributed by atoms with Gasteiger partial charge in [-0.05, 0) is 68.1 Å². The fourth-order valence-corrected chi connectivity index (χ4v) is 4.38. The number of benzene rings is 1. The molecule has 4 heterocycles. The summed E-state index contributed by atoms with van der Waals surface area (Å²) in [5.74, 6) is 1.72. The Bertz CT molecular complexity index is 1060. The van der Waals surface area contributed by atoms with Crippen LogP contribution in [0.5, 0.6) is 5.88 Å². The molecule has 3 aromatic rings. The minimum Gasteiger partial charge on any atom is -0.472 e. The molecular weight excluding hydrogens is 374 g/mol. The first-order chi connectivity index (χ1) is 14.5. The molecule has 0 spiro atoms. The highest BCUT2D eigenvalue weighted by atomic mass is 16.5. The van der Waals surface area contributed by atoms with Gasteiger partial charge < -0.3 is 15.0 Å². The van der Waals surface area contributed by atoms with Gasteiger partial charge in [-0.1, -0.05) is 12.1 Å². The molecule has 1 saturated heterocycles. The average Bonchev–Trinajstić information content (AvgIpc) is 3.20. The lowest BCUT2D eigenvalue weighted by atomic mass is 9.95. The molecule has 1 unspecified atom stereocenters. The molecule has 30 heavy (non-hydrogen) atoms. The highest BCUT2D eigenvalue weighted by Gasteiger charge is 2.28. The van der Waals surface area contributed by atoms with Crippen LogP contribution in [0.15, 0.2) is 48.8 Å². The Labute approximate surface area is 177 Å². The van der Waals surface area contributed by atoms with Gasteiger partial charge in [-0.15, -0.1) is 0 Å². The maximum Gasteiger partial charge on any atom is 0.223 e. The number of fused-ring (bicyclic) bond motifs is 3. The summed E-state index contributed by atoms with van der Waals surface area (Å²) in [6.07, 6.45) is 4.63. The van der Waals surface area contributed by atoms with Gasteiger partial charge in [-0.2, -0.15) is 15.2 Å². The number of pyridine rings is 1. The Balaban J connectivity index is 1.38. The van der Waals surface area contributed by atoms with Gasteiger partial charge in [0.2, 0.25) is 5.88 Å². The van der Waals surface area contributed by atoms with Gasteiger partial charge in [0.05, 0.1) is 12.4 Å². The molecule has 154 valence electrons. The normalized spacial score (nSPS) is 18.0. The summed E-state index contributed by atoms with van der Waals surface area (Å²) in [4.78, 5) is 7.21. The first kappa shape index (κ1) is 19.0. The molecule has 0 amide bonds. The Hall–Kier alpha value is -2.99. The van der Waals surface area contributed by atoms with E-state index in [-0.39, 0.29) is 5.54 Å². The number of nitrogens with zero attached hydrogens (tertiary/aromatic N) is 4. The zero-order chi connectivity index (χ0) is 20.7. The van der Waals surface area contributed by atoms with Crippen molar-refractivity contribution >= 4 is 5.82 Å². The van der Waals surface area contributed by atoms with Crippen molar-refractivity contribution in [3.63, 3.8) is 0 Å². The summed E-state index contributed by atoms with van der Waals surface area (Å²) in [6, 6.07) is 13.2. The van der Waals surface area contributed by atoms with Gasteiger partial charge >= 0.3 is 0 Å². The monoisotopic (exact) mass is 401 g/mol. The molecule has 2 aromatic heterocycles. The van der Waals surface area contributed by atoms with Crippen molar-refractivity contribution < 1.29 is 4.74 Å². The molecule has 2 aliphatic rings. The van der Waals surface area contributed by atoms with Gasteiger partial charge in [0.15, 0.2) is 0 Å². The molecule has 1 fully saturated rings. The molecule has 1 N–H and O–H groups in total. The van der Waals surface area contributed by atoms with Gasteiger partial charge in [-0.3, -0.25) is 0 Å². The highest BCUT2D eigenvalue weighted by Crippen LogP contribution is 2.39. The third kappa shape index (κ3) is 3.75. The molecule has 0 bridgehead atoms. The lowest BCUT2D eigenvalue weighted by molar-refractivity contribution is 0.290. The van der Waals surface area contributed by atoms with E-state index in [0.717, 1.165) is 47.9 Å². The van der Waals surface area contributed by atoms with E-state index in [1.54, 1.807) is 12.4 Å².